The van der Waals surface area contributed by atoms with Gasteiger partial charge in [-0.3, -0.25) is 4.79 Å². The van der Waals surface area contributed by atoms with Gasteiger partial charge in [0.05, 0.1) is 23.7 Å². The molecule has 0 bridgehead atoms. The molecule has 3 aliphatic rings. The second kappa shape index (κ2) is 9.87. The number of methoxy groups -OCH3 is 1. The third kappa shape index (κ3) is 3.87. The number of aryl methyl sites for hydroxylation is 1. The van der Waals surface area contributed by atoms with Crippen LogP contribution in [0.4, 0.5) is 5.69 Å². The monoisotopic (exact) mass is 543 g/mol. The van der Waals surface area contributed by atoms with E-state index >= 15 is 0 Å². The highest BCUT2D eigenvalue weighted by atomic mass is 16.5. The second-order valence-electron chi connectivity index (χ2n) is 12.5. The van der Waals surface area contributed by atoms with Gasteiger partial charge in [0.1, 0.15) is 12.3 Å². The van der Waals surface area contributed by atoms with Gasteiger partial charge in [-0.2, -0.15) is 4.58 Å². The smallest absolute Gasteiger partial charge is 0.210 e. The van der Waals surface area contributed by atoms with Gasteiger partial charge in [-0.1, -0.05) is 75.6 Å². The zero-order valence-corrected chi connectivity index (χ0v) is 24.7. The van der Waals surface area contributed by atoms with Crippen LogP contribution in [0.1, 0.15) is 63.5 Å². The molecule has 208 valence electrons. The molecule has 2 heterocycles. The first-order valence-electron chi connectivity index (χ1n) is 15.2. The summed E-state index contributed by atoms with van der Waals surface area (Å²) in [6, 6.07) is 21.7. The Hall–Kier alpha value is -3.92. The van der Waals surface area contributed by atoms with Crippen molar-refractivity contribution in [3.05, 3.63) is 95.4 Å². The van der Waals surface area contributed by atoms with Crippen LogP contribution in [0.3, 0.4) is 0 Å². The maximum absolute atomic E-state index is 14.1. The summed E-state index contributed by atoms with van der Waals surface area (Å²) in [5.41, 5.74) is 7.47. The molecule has 0 atom stereocenters. The number of benzene rings is 3. The molecule has 0 saturated heterocycles. The number of allylic oxidation sites excluding steroid dienone is 3. The van der Waals surface area contributed by atoms with Crippen molar-refractivity contribution in [2.45, 2.75) is 57.8 Å². The maximum Gasteiger partial charge on any atom is 0.210 e. The molecule has 1 spiro atoms. The van der Waals surface area contributed by atoms with Crippen molar-refractivity contribution in [3.63, 3.8) is 0 Å². The van der Waals surface area contributed by atoms with Crippen LogP contribution in [0.25, 0.3) is 27.2 Å². The fraction of sp³-hybridized carbons (Fsp3) is 0.351. The standard InChI is InChI=1S/C37H39N2O2/c1-24(2)18-21-39-31-17-16-25-12-6-7-13-26(25)34(31)37(19-10-5-11-20-37)32(39)22-28-35(40)33(36(28)41-4)29-23-38(3)30-15-9-8-14-27(29)30/h6-9,12-17,22-24H,5,10-11,18-21H2,1-4H3/q+1. The Balaban J connectivity index is 1.44. The molecule has 4 aromatic rings. The van der Waals surface area contributed by atoms with Crippen molar-refractivity contribution in [1.29, 1.82) is 0 Å². The zero-order chi connectivity index (χ0) is 28.3. The largest absolute Gasteiger partial charge is 0.495 e. The molecule has 2 aliphatic carbocycles. The van der Waals surface area contributed by atoms with E-state index in [1.807, 2.05) is 19.2 Å². The van der Waals surface area contributed by atoms with Crippen LogP contribution in [0, 0.1) is 5.92 Å². The lowest BCUT2D eigenvalue weighted by Gasteiger charge is -2.33. The minimum atomic E-state index is -0.0905. The lowest BCUT2D eigenvalue weighted by molar-refractivity contribution is -0.439. The number of carbonyl (C=O) groups is 1. The van der Waals surface area contributed by atoms with Gasteiger partial charge in [-0.05, 0) is 41.7 Å². The molecule has 1 aromatic heterocycles. The van der Waals surface area contributed by atoms with Crippen LogP contribution < -0.4 is 0 Å². The third-order valence-electron chi connectivity index (χ3n) is 9.69. The van der Waals surface area contributed by atoms with Gasteiger partial charge in [0.15, 0.2) is 5.71 Å². The van der Waals surface area contributed by atoms with Gasteiger partial charge in [0, 0.05) is 53.8 Å². The third-order valence-corrected chi connectivity index (χ3v) is 9.69. The zero-order valence-electron chi connectivity index (χ0n) is 24.7. The fourth-order valence-corrected chi connectivity index (χ4v) is 7.69. The van der Waals surface area contributed by atoms with E-state index in [4.69, 9.17) is 4.74 Å². The lowest BCUT2D eigenvalue weighted by Crippen LogP contribution is -2.38. The molecule has 0 radical (unpaired) electrons. The molecule has 3 aromatic carbocycles. The molecule has 7 rings (SSSR count). The maximum atomic E-state index is 14.1. The fourth-order valence-electron chi connectivity index (χ4n) is 7.69. The van der Waals surface area contributed by atoms with Gasteiger partial charge >= 0.3 is 0 Å². The SMILES string of the molecule is COC1=C(c2cn(C)c3ccccc23)C(=O)/C1=C\C1=[N+](CCC(C)C)c2ccc3ccccc3c2C12CCCCC2. The Morgan fingerprint density at radius 1 is 0.976 bits per heavy atom. The van der Waals surface area contributed by atoms with Crippen molar-refractivity contribution in [2.24, 2.45) is 13.0 Å². The highest BCUT2D eigenvalue weighted by molar-refractivity contribution is 6.41. The van der Waals surface area contributed by atoms with Crippen LogP contribution in [0.15, 0.2) is 84.3 Å². The molecule has 4 nitrogen and oxygen atoms in total. The van der Waals surface area contributed by atoms with Crippen molar-refractivity contribution in [1.82, 2.24) is 4.57 Å². The van der Waals surface area contributed by atoms with E-state index < -0.39 is 0 Å². The number of fused-ring (bicyclic) bond motifs is 5. The minimum Gasteiger partial charge on any atom is -0.495 e. The Labute approximate surface area is 242 Å². The Morgan fingerprint density at radius 2 is 1.71 bits per heavy atom. The summed E-state index contributed by atoms with van der Waals surface area (Å²) in [7, 11) is 3.74. The molecule has 1 saturated carbocycles. The number of rotatable bonds is 6. The number of hydrogen-bond acceptors (Lipinski definition) is 2. The molecule has 0 unspecified atom stereocenters. The first-order valence-corrected chi connectivity index (χ1v) is 15.2. The van der Waals surface area contributed by atoms with Crippen molar-refractivity contribution in [3.8, 4) is 0 Å². The molecule has 4 heteroatoms. The topological polar surface area (TPSA) is 34.2 Å². The molecule has 1 aliphatic heterocycles. The first kappa shape index (κ1) is 26.0. The number of para-hydroxylation sites is 1. The predicted octanol–water partition coefficient (Wildman–Crippen LogP) is 8.24. The van der Waals surface area contributed by atoms with Crippen molar-refractivity contribution >= 4 is 44.4 Å². The van der Waals surface area contributed by atoms with Crippen LogP contribution in [-0.4, -0.2) is 34.3 Å². The van der Waals surface area contributed by atoms with Crippen LogP contribution in [-0.2, 0) is 22.0 Å². The second-order valence-corrected chi connectivity index (χ2v) is 12.5. The lowest BCUT2D eigenvalue weighted by atomic mass is 9.65. The van der Waals surface area contributed by atoms with E-state index in [-0.39, 0.29) is 11.2 Å². The average molecular weight is 544 g/mol. The van der Waals surface area contributed by atoms with Gasteiger partial charge in [0.25, 0.3) is 0 Å². The summed E-state index contributed by atoms with van der Waals surface area (Å²) >= 11 is 0. The summed E-state index contributed by atoms with van der Waals surface area (Å²) in [4.78, 5) is 14.1. The predicted molar refractivity (Wildman–Crippen MR) is 168 cm³/mol. The normalized spacial score (nSPS) is 19.2. The summed E-state index contributed by atoms with van der Waals surface area (Å²) in [6.45, 7) is 5.54. The van der Waals surface area contributed by atoms with E-state index in [9.17, 15) is 4.79 Å². The number of ether oxygens (including phenoxy) is 1. The Morgan fingerprint density at radius 3 is 2.46 bits per heavy atom. The van der Waals surface area contributed by atoms with Crippen molar-refractivity contribution < 1.29 is 14.1 Å². The summed E-state index contributed by atoms with van der Waals surface area (Å²) in [6.07, 6.45) is 11.3. The number of Topliss-reactive ketones (excluding diaryl/α,β-unsaturated/α-hetero) is 1. The van der Waals surface area contributed by atoms with E-state index in [0.29, 0.717) is 17.1 Å². The quantitative estimate of drug-likeness (QED) is 0.181. The first-order chi connectivity index (χ1) is 19.9. The van der Waals surface area contributed by atoms with E-state index in [2.05, 4.69) is 83.8 Å². The molecule has 41 heavy (non-hydrogen) atoms. The number of hydrogen-bond donors (Lipinski definition) is 0. The van der Waals surface area contributed by atoms with E-state index in [1.54, 1.807) is 7.11 Å². The van der Waals surface area contributed by atoms with Gasteiger partial charge in [-0.25, -0.2) is 0 Å². The summed E-state index contributed by atoms with van der Waals surface area (Å²) in [5.74, 6) is 1.39. The highest BCUT2D eigenvalue weighted by Gasteiger charge is 2.53. The van der Waals surface area contributed by atoms with Crippen LogP contribution >= 0.6 is 0 Å². The van der Waals surface area contributed by atoms with Crippen LogP contribution in [0.5, 0.6) is 0 Å². The van der Waals surface area contributed by atoms with Crippen LogP contribution in [0.2, 0.25) is 0 Å². The summed E-state index contributed by atoms with van der Waals surface area (Å²) < 4.78 is 10.7. The molecular weight excluding hydrogens is 504 g/mol. The van der Waals surface area contributed by atoms with Gasteiger partial charge < -0.3 is 9.30 Å². The van der Waals surface area contributed by atoms with Gasteiger partial charge in [-0.15, -0.1) is 0 Å². The number of ketones is 1. The minimum absolute atomic E-state index is 0.0845. The van der Waals surface area contributed by atoms with Crippen molar-refractivity contribution in [2.75, 3.05) is 13.7 Å². The van der Waals surface area contributed by atoms with E-state index in [0.717, 1.165) is 48.0 Å². The average Bonchev–Trinajstić information content (AvgIpc) is 3.44. The van der Waals surface area contributed by atoms with E-state index in [1.165, 1.54) is 47.0 Å². The number of aromatic nitrogens is 1. The molecule has 0 N–H and O–H groups in total. The Bertz CT molecular complexity index is 1810. The Kier molecular flexibility index (Phi) is 6.26. The highest BCUT2D eigenvalue weighted by Crippen LogP contribution is 2.53. The van der Waals surface area contributed by atoms with Gasteiger partial charge in [0.2, 0.25) is 11.5 Å². The summed E-state index contributed by atoms with van der Waals surface area (Å²) in [5, 5.41) is 3.74. The number of carbonyl (C=O) groups excluding carboxylic acids is 1. The molecule has 1 fully saturated rings. The molecule has 0 amide bonds. The molecular formula is C37H39N2O2+. The number of nitrogens with zero attached hydrogens (tertiary/aromatic N) is 2.